The number of carbonyl (C=O) groups excluding carboxylic acids is 2. The summed E-state index contributed by atoms with van der Waals surface area (Å²) in [6.45, 7) is -0.127. The lowest BCUT2D eigenvalue weighted by Crippen LogP contribution is -2.55. The van der Waals surface area contributed by atoms with E-state index in [1.807, 2.05) is 0 Å². The standard InChI is InChI=1S/C18H14F4N2O2/c19-13-2-1-3-14(20)12(13)7-23-17(25)11-8-24(9-11)18(26)10-4-5-15(21)16(22)6-10/h1-6,11H,7-9H2,(H,23,25). The quantitative estimate of drug-likeness (QED) is 0.846. The Labute approximate surface area is 146 Å². The fraction of sp³-hybridized carbons (Fsp3) is 0.222. The summed E-state index contributed by atoms with van der Waals surface area (Å²) in [5.41, 5.74) is -0.258. The Morgan fingerprint density at radius 3 is 2.23 bits per heavy atom. The van der Waals surface area contributed by atoms with E-state index in [1.54, 1.807) is 0 Å². The fourth-order valence-corrected chi connectivity index (χ4v) is 2.64. The third kappa shape index (κ3) is 3.54. The Morgan fingerprint density at radius 2 is 1.62 bits per heavy atom. The number of amides is 2. The second-order valence-electron chi connectivity index (χ2n) is 5.95. The second kappa shape index (κ2) is 7.15. The van der Waals surface area contributed by atoms with E-state index in [0.29, 0.717) is 0 Å². The molecule has 3 rings (SSSR count). The molecule has 0 unspecified atom stereocenters. The fourth-order valence-electron chi connectivity index (χ4n) is 2.64. The van der Waals surface area contributed by atoms with Crippen molar-refractivity contribution < 1.29 is 27.2 Å². The molecule has 1 fully saturated rings. The monoisotopic (exact) mass is 366 g/mol. The lowest BCUT2D eigenvalue weighted by atomic mass is 9.97. The Hall–Kier alpha value is -2.90. The van der Waals surface area contributed by atoms with Crippen molar-refractivity contribution in [3.8, 4) is 0 Å². The predicted molar refractivity (Wildman–Crippen MR) is 84.0 cm³/mol. The molecule has 1 aliphatic rings. The summed E-state index contributed by atoms with van der Waals surface area (Å²) in [5, 5.41) is 2.43. The Kier molecular flexibility index (Phi) is 4.92. The second-order valence-corrected chi connectivity index (χ2v) is 5.95. The van der Waals surface area contributed by atoms with Crippen molar-refractivity contribution in [2.75, 3.05) is 13.1 Å². The van der Waals surface area contributed by atoms with Gasteiger partial charge in [-0.15, -0.1) is 0 Å². The number of carbonyl (C=O) groups is 2. The first-order chi connectivity index (χ1) is 12.4. The van der Waals surface area contributed by atoms with E-state index in [0.717, 1.165) is 30.3 Å². The SMILES string of the molecule is O=C(NCc1c(F)cccc1F)C1CN(C(=O)c2ccc(F)c(F)c2)C1. The highest BCUT2D eigenvalue weighted by atomic mass is 19.2. The van der Waals surface area contributed by atoms with Gasteiger partial charge in [-0.25, -0.2) is 17.6 Å². The van der Waals surface area contributed by atoms with Crippen LogP contribution in [0.15, 0.2) is 36.4 Å². The van der Waals surface area contributed by atoms with Crippen LogP contribution in [0.3, 0.4) is 0 Å². The van der Waals surface area contributed by atoms with Crippen LogP contribution in [0.25, 0.3) is 0 Å². The number of nitrogens with zero attached hydrogens (tertiary/aromatic N) is 1. The minimum absolute atomic E-state index is 0.0174. The summed E-state index contributed by atoms with van der Waals surface area (Å²) in [6.07, 6.45) is 0. The zero-order valence-electron chi connectivity index (χ0n) is 13.4. The maximum atomic E-state index is 13.5. The maximum Gasteiger partial charge on any atom is 0.254 e. The summed E-state index contributed by atoms with van der Waals surface area (Å²) in [5.74, 6) is -5.18. The molecule has 8 heteroatoms. The van der Waals surface area contributed by atoms with Crippen molar-refractivity contribution in [1.82, 2.24) is 10.2 Å². The molecule has 2 aromatic carbocycles. The summed E-state index contributed by atoms with van der Waals surface area (Å²) < 4.78 is 53.1. The van der Waals surface area contributed by atoms with Crippen LogP contribution in [0.1, 0.15) is 15.9 Å². The highest BCUT2D eigenvalue weighted by Crippen LogP contribution is 2.20. The Morgan fingerprint density at radius 1 is 0.962 bits per heavy atom. The predicted octanol–water partition coefficient (Wildman–Crippen LogP) is 2.63. The Bertz CT molecular complexity index is 846. The molecule has 0 atom stereocenters. The molecule has 0 bridgehead atoms. The van der Waals surface area contributed by atoms with E-state index in [9.17, 15) is 27.2 Å². The number of hydrogen-bond acceptors (Lipinski definition) is 2. The van der Waals surface area contributed by atoms with Crippen LogP contribution in [0.2, 0.25) is 0 Å². The molecule has 0 aliphatic carbocycles. The van der Waals surface area contributed by atoms with Gasteiger partial charge in [0.25, 0.3) is 5.91 Å². The summed E-state index contributed by atoms with van der Waals surface area (Å²) in [7, 11) is 0. The third-order valence-electron chi connectivity index (χ3n) is 4.21. The minimum Gasteiger partial charge on any atom is -0.351 e. The van der Waals surface area contributed by atoms with Gasteiger partial charge in [0.2, 0.25) is 5.91 Å². The van der Waals surface area contributed by atoms with Crippen LogP contribution in [-0.4, -0.2) is 29.8 Å². The van der Waals surface area contributed by atoms with Crippen LogP contribution in [0.5, 0.6) is 0 Å². The molecule has 1 aliphatic heterocycles. The van der Waals surface area contributed by atoms with Crippen LogP contribution < -0.4 is 5.32 Å². The van der Waals surface area contributed by atoms with E-state index in [1.165, 1.54) is 11.0 Å². The first-order valence-corrected chi connectivity index (χ1v) is 7.81. The molecule has 1 saturated heterocycles. The van der Waals surface area contributed by atoms with Gasteiger partial charge in [0.1, 0.15) is 11.6 Å². The van der Waals surface area contributed by atoms with Gasteiger partial charge in [0.15, 0.2) is 11.6 Å². The third-order valence-corrected chi connectivity index (χ3v) is 4.21. The van der Waals surface area contributed by atoms with Crippen molar-refractivity contribution in [3.63, 3.8) is 0 Å². The van der Waals surface area contributed by atoms with Crippen molar-refractivity contribution in [2.45, 2.75) is 6.54 Å². The average Bonchev–Trinajstić information content (AvgIpc) is 2.55. The number of nitrogens with one attached hydrogen (secondary N) is 1. The van der Waals surface area contributed by atoms with Gasteiger partial charge >= 0.3 is 0 Å². The molecule has 0 radical (unpaired) electrons. The Balaban J connectivity index is 1.53. The summed E-state index contributed by atoms with van der Waals surface area (Å²) in [4.78, 5) is 25.5. The summed E-state index contributed by atoms with van der Waals surface area (Å²) >= 11 is 0. The van der Waals surface area contributed by atoms with Crippen molar-refractivity contribution in [1.29, 1.82) is 0 Å². The molecule has 0 saturated carbocycles. The molecule has 136 valence electrons. The zero-order valence-corrected chi connectivity index (χ0v) is 13.4. The topological polar surface area (TPSA) is 49.4 Å². The highest BCUT2D eigenvalue weighted by molar-refractivity contribution is 5.96. The average molecular weight is 366 g/mol. The van der Waals surface area contributed by atoms with Gasteiger partial charge in [0, 0.05) is 30.8 Å². The first kappa shape index (κ1) is 17.9. The number of likely N-dealkylation sites (tertiary alicyclic amines) is 1. The van der Waals surface area contributed by atoms with Gasteiger partial charge in [-0.05, 0) is 30.3 Å². The van der Waals surface area contributed by atoms with Crippen LogP contribution >= 0.6 is 0 Å². The number of rotatable bonds is 4. The molecule has 1 heterocycles. The van der Waals surface area contributed by atoms with E-state index < -0.39 is 41.0 Å². The molecule has 26 heavy (non-hydrogen) atoms. The smallest absolute Gasteiger partial charge is 0.254 e. The van der Waals surface area contributed by atoms with E-state index in [-0.39, 0.29) is 30.8 Å². The zero-order chi connectivity index (χ0) is 18.8. The molecule has 4 nitrogen and oxygen atoms in total. The lowest BCUT2D eigenvalue weighted by molar-refractivity contribution is -0.129. The van der Waals surface area contributed by atoms with Gasteiger partial charge < -0.3 is 10.2 Å². The van der Waals surface area contributed by atoms with Crippen molar-refractivity contribution in [2.24, 2.45) is 5.92 Å². The molecule has 2 amide bonds. The van der Waals surface area contributed by atoms with E-state index in [2.05, 4.69) is 5.32 Å². The van der Waals surface area contributed by atoms with Crippen molar-refractivity contribution >= 4 is 11.8 Å². The van der Waals surface area contributed by atoms with Crippen molar-refractivity contribution in [3.05, 3.63) is 70.8 Å². The molecular weight excluding hydrogens is 352 g/mol. The largest absolute Gasteiger partial charge is 0.351 e. The van der Waals surface area contributed by atoms with Gasteiger partial charge in [-0.3, -0.25) is 9.59 Å². The molecule has 1 N–H and O–H groups in total. The summed E-state index contributed by atoms with van der Waals surface area (Å²) in [6, 6.07) is 6.23. The van der Waals surface area contributed by atoms with E-state index >= 15 is 0 Å². The molecule has 0 spiro atoms. The van der Waals surface area contributed by atoms with Gasteiger partial charge in [0.05, 0.1) is 5.92 Å². The highest BCUT2D eigenvalue weighted by Gasteiger charge is 2.36. The molecule has 2 aromatic rings. The maximum absolute atomic E-state index is 13.5. The van der Waals surface area contributed by atoms with Gasteiger partial charge in [-0.1, -0.05) is 6.07 Å². The molecular formula is C18H14F4N2O2. The van der Waals surface area contributed by atoms with Crippen LogP contribution in [-0.2, 0) is 11.3 Å². The number of halogens is 4. The minimum atomic E-state index is -1.13. The van der Waals surface area contributed by atoms with Gasteiger partial charge in [-0.2, -0.15) is 0 Å². The number of hydrogen-bond donors (Lipinski definition) is 1. The van der Waals surface area contributed by atoms with Crippen LogP contribution in [0, 0.1) is 29.2 Å². The van der Waals surface area contributed by atoms with E-state index in [4.69, 9.17) is 0 Å². The van der Waals surface area contributed by atoms with Crippen LogP contribution in [0.4, 0.5) is 17.6 Å². The number of benzene rings is 2. The lowest BCUT2D eigenvalue weighted by Gasteiger charge is -2.38. The molecule has 0 aromatic heterocycles. The normalized spacial score (nSPS) is 14.1. The first-order valence-electron chi connectivity index (χ1n) is 7.81.